The van der Waals surface area contributed by atoms with E-state index in [9.17, 15) is 14.4 Å². The SMILES string of the molecule is C=S(=O)(c1ccc(O)c(O)c1)N1CCc2ccccc21. The maximum Gasteiger partial charge on any atom is 0.158 e. The van der Waals surface area contributed by atoms with Gasteiger partial charge >= 0.3 is 0 Å². The van der Waals surface area contributed by atoms with Crippen molar-refractivity contribution in [3.05, 3.63) is 48.0 Å². The molecular formula is C15H15NO3S. The summed E-state index contributed by atoms with van der Waals surface area (Å²) in [5.41, 5.74) is 2.06. The van der Waals surface area contributed by atoms with Crippen molar-refractivity contribution < 1.29 is 14.4 Å². The number of para-hydroxylation sites is 1. The minimum atomic E-state index is -2.73. The van der Waals surface area contributed by atoms with Crippen LogP contribution in [0, 0.1) is 0 Å². The van der Waals surface area contributed by atoms with Crippen LogP contribution in [-0.4, -0.2) is 26.8 Å². The Kier molecular flexibility index (Phi) is 2.87. The summed E-state index contributed by atoms with van der Waals surface area (Å²) in [5.74, 6) is 3.34. The Morgan fingerprint density at radius 2 is 1.85 bits per heavy atom. The number of benzene rings is 2. The first-order valence-corrected chi connectivity index (χ1v) is 7.93. The van der Waals surface area contributed by atoms with Crippen LogP contribution in [0.5, 0.6) is 11.5 Å². The molecule has 0 fully saturated rings. The molecule has 1 heterocycles. The van der Waals surface area contributed by atoms with Gasteiger partial charge < -0.3 is 10.2 Å². The van der Waals surface area contributed by atoms with E-state index in [1.807, 2.05) is 24.3 Å². The summed E-state index contributed by atoms with van der Waals surface area (Å²) in [4.78, 5) is 0.407. The highest BCUT2D eigenvalue weighted by atomic mass is 32.2. The largest absolute Gasteiger partial charge is 0.504 e. The first-order chi connectivity index (χ1) is 9.50. The van der Waals surface area contributed by atoms with Crippen molar-refractivity contribution in [3.63, 3.8) is 0 Å². The molecule has 1 unspecified atom stereocenters. The molecule has 2 N–H and O–H groups in total. The van der Waals surface area contributed by atoms with E-state index in [-0.39, 0.29) is 11.5 Å². The molecule has 0 spiro atoms. The third-order valence-electron chi connectivity index (χ3n) is 3.52. The van der Waals surface area contributed by atoms with E-state index < -0.39 is 9.71 Å². The Labute approximate surface area is 118 Å². The van der Waals surface area contributed by atoms with Gasteiger partial charge in [-0.25, -0.2) is 4.21 Å². The van der Waals surface area contributed by atoms with E-state index in [0.717, 1.165) is 17.7 Å². The Bertz CT molecular complexity index is 768. The molecule has 4 nitrogen and oxygen atoms in total. The van der Waals surface area contributed by atoms with Crippen molar-refractivity contribution in [2.24, 2.45) is 0 Å². The van der Waals surface area contributed by atoms with Gasteiger partial charge in [0.15, 0.2) is 11.5 Å². The maximum absolute atomic E-state index is 13.0. The predicted molar refractivity (Wildman–Crippen MR) is 80.8 cm³/mol. The molecule has 0 aliphatic carbocycles. The lowest BCUT2D eigenvalue weighted by Gasteiger charge is -2.24. The number of phenols is 2. The Morgan fingerprint density at radius 3 is 2.60 bits per heavy atom. The molecule has 1 aliphatic heterocycles. The molecule has 104 valence electrons. The number of nitrogens with zero attached hydrogens (tertiary/aromatic N) is 1. The Balaban J connectivity index is 2.07. The quantitative estimate of drug-likeness (QED) is 0.658. The van der Waals surface area contributed by atoms with Crippen LogP contribution in [0.4, 0.5) is 5.69 Å². The fourth-order valence-corrected chi connectivity index (χ4v) is 4.16. The van der Waals surface area contributed by atoms with E-state index in [4.69, 9.17) is 0 Å². The molecule has 0 amide bonds. The molecule has 0 bridgehead atoms. The van der Waals surface area contributed by atoms with E-state index in [1.165, 1.54) is 18.2 Å². The topological polar surface area (TPSA) is 60.8 Å². The highest BCUT2D eigenvalue weighted by Gasteiger charge is 2.26. The Hall–Kier alpha value is -2.14. The van der Waals surface area contributed by atoms with Crippen LogP contribution >= 0.6 is 0 Å². The second kappa shape index (κ2) is 4.45. The molecule has 2 aromatic carbocycles. The summed E-state index contributed by atoms with van der Waals surface area (Å²) in [6, 6.07) is 12.0. The number of phenolic OH excluding ortho intramolecular Hbond substituents is 2. The van der Waals surface area contributed by atoms with Gasteiger partial charge in [-0.1, -0.05) is 18.2 Å². The van der Waals surface area contributed by atoms with Gasteiger partial charge in [-0.15, -0.1) is 0 Å². The second-order valence-corrected chi connectivity index (χ2v) is 6.96. The van der Waals surface area contributed by atoms with Gasteiger partial charge in [0.2, 0.25) is 0 Å². The van der Waals surface area contributed by atoms with Crippen molar-refractivity contribution in [2.75, 3.05) is 10.8 Å². The number of hydrogen-bond acceptors (Lipinski definition) is 3. The monoisotopic (exact) mass is 289 g/mol. The van der Waals surface area contributed by atoms with E-state index >= 15 is 0 Å². The molecule has 0 saturated carbocycles. The molecule has 5 heteroatoms. The molecule has 1 aliphatic rings. The fraction of sp³-hybridized carbons (Fsp3) is 0.133. The zero-order valence-corrected chi connectivity index (χ0v) is 11.6. The van der Waals surface area contributed by atoms with Crippen LogP contribution in [0.25, 0.3) is 0 Å². The summed E-state index contributed by atoms with van der Waals surface area (Å²) in [7, 11) is -2.73. The van der Waals surface area contributed by atoms with Crippen molar-refractivity contribution in [1.82, 2.24) is 0 Å². The highest BCUT2D eigenvalue weighted by molar-refractivity contribution is 8.01. The van der Waals surface area contributed by atoms with Gasteiger partial charge in [0.05, 0.1) is 20.3 Å². The molecular weight excluding hydrogens is 274 g/mol. The van der Waals surface area contributed by atoms with Crippen molar-refractivity contribution in [1.29, 1.82) is 0 Å². The van der Waals surface area contributed by atoms with Gasteiger partial charge in [-0.05, 0) is 36.1 Å². The smallest absolute Gasteiger partial charge is 0.158 e. The fourth-order valence-electron chi connectivity index (χ4n) is 2.44. The zero-order valence-electron chi connectivity index (χ0n) is 10.8. The summed E-state index contributed by atoms with van der Waals surface area (Å²) >= 11 is 0. The van der Waals surface area contributed by atoms with Crippen LogP contribution in [-0.2, 0) is 16.1 Å². The molecule has 3 rings (SSSR count). The highest BCUT2D eigenvalue weighted by Crippen LogP contribution is 2.34. The standard InChI is InChI=1S/C15H15NO3S/c1-20(19,12-6-7-14(17)15(18)10-12)16-9-8-11-4-2-3-5-13(11)16/h2-7,10,17-18H,1,8-9H2. The van der Waals surface area contributed by atoms with Crippen LogP contribution in [0.3, 0.4) is 0 Å². The minimum absolute atomic E-state index is 0.231. The molecule has 0 radical (unpaired) electrons. The third-order valence-corrected chi connectivity index (χ3v) is 5.60. The average Bonchev–Trinajstić information content (AvgIpc) is 2.86. The normalized spacial score (nSPS) is 16.7. The van der Waals surface area contributed by atoms with Crippen LogP contribution in [0.2, 0.25) is 0 Å². The second-order valence-electron chi connectivity index (χ2n) is 4.77. The number of aromatic hydroxyl groups is 2. The van der Waals surface area contributed by atoms with Gasteiger partial charge in [-0.2, -0.15) is 0 Å². The average molecular weight is 289 g/mol. The van der Waals surface area contributed by atoms with Crippen molar-refractivity contribution in [3.8, 4) is 11.5 Å². The lowest BCUT2D eigenvalue weighted by atomic mass is 10.2. The Morgan fingerprint density at radius 1 is 1.10 bits per heavy atom. The van der Waals surface area contributed by atoms with E-state index in [0.29, 0.717) is 11.4 Å². The van der Waals surface area contributed by atoms with E-state index in [2.05, 4.69) is 5.87 Å². The van der Waals surface area contributed by atoms with Gasteiger partial charge in [-0.3, -0.25) is 4.31 Å². The molecule has 2 aromatic rings. The summed E-state index contributed by atoms with van der Waals surface area (Å²) in [6.45, 7) is 0.628. The minimum Gasteiger partial charge on any atom is -0.504 e. The number of anilines is 1. The molecule has 0 aromatic heterocycles. The van der Waals surface area contributed by atoms with Crippen molar-refractivity contribution in [2.45, 2.75) is 11.3 Å². The maximum atomic E-state index is 13.0. The summed E-state index contributed by atoms with van der Waals surface area (Å²) < 4.78 is 14.8. The summed E-state index contributed by atoms with van der Waals surface area (Å²) in [6.07, 6.45) is 0.826. The molecule has 1 atom stereocenters. The zero-order chi connectivity index (χ0) is 14.3. The van der Waals surface area contributed by atoms with Crippen LogP contribution in [0.15, 0.2) is 47.4 Å². The van der Waals surface area contributed by atoms with Crippen LogP contribution < -0.4 is 4.31 Å². The lowest BCUT2D eigenvalue weighted by Crippen LogP contribution is -2.28. The molecule has 20 heavy (non-hydrogen) atoms. The molecule has 0 saturated heterocycles. The number of fused-ring (bicyclic) bond motifs is 1. The third kappa shape index (κ3) is 1.91. The summed E-state index contributed by atoms with van der Waals surface area (Å²) in [5, 5.41) is 18.9. The van der Waals surface area contributed by atoms with Crippen LogP contribution in [0.1, 0.15) is 5.56 Å². The van der Waals surface area contributed by atoms with Gasteiger partial charge in [0.25, 0.3) is 0 Å². The lowest BCUT2D eigenvalue weighted by molar-refractivity contribution is 0.402. The predicted octanol–water partition coefficient (Wildman–Crippen LogP) is 2.15. The first kappa shape index (κ1) is 12.9. The number of hydrogen-bond donors (Lipinski definition) is 2. The van der Waals surface area contributed by atoms with Crippen molar-refractivity contribution >= 4 is 21.3 Å². The number of rotatable bonds is 2. The first-order valence-electron chi connectivity index (χ1n) is 6.25. The van der Waals surface area contributed by atoms with Gasteiger partial charge in [0.1, 0.15) is 0 Å². The van der Waals surface area contributed by atoms with Gasteiger partial charge in [0, 0.05) is 12.6 Å². The van der Waals surface area contributed by atoms with E-state index in [1.54, 1.807) is 4.31 Å².